The number of halogens is 1. The van der Waals surface area contributed by atoms with Crippen LogP contribution in [0, 0.1) is 5.82 Å². The van der Waals surface area contributed by atoms with Gasteiger partial charge in [-0.15, -0.1) is 11.3 Å². The van der Waals surface area contributed by atoms with Crippen molar-refractivity contribution in [3.63, 3.8) is 0 Å². The molecule has 0 aliphatic heterocycles. The van der Waals surface area contributed by atoms with Gasteiger partial charge in [-0.05, 0) is 0 Å². The topological polar surface area (TPSA) is 63.6 Å². The SMILES string of the molecule is COC(=O)c1sc(C(=O)O)cc1F. The van der Waals surface area contributed by atoms with Gasteiger partial charge in [0.05, 0.1) is 7.11 Å². The first-order chi connectivity index (χ1) is 6.06. The van der Waals surface area contributed by atoms with E-state index in [0.29, 0.717) is 11.3 Å². The van der Waals surface area contributed by atoms with Gasteiger partial charge in [-0.2, -0.15) is 0 Å². The normalized spacial score (nSPS) is 9.69. The third kappa shape index (κ3) is 1.83. The molecule has 0 aromatic carbocycles. The van der Waals surface area contributed by atoms with E-state index < -0.39 is 17.8 Å². The number of methoxy groups -OCH3 is 1. The largest absolute Gasteiger partial charge is 0.477 e. The summed E-state index contributed by atoms with van der Waals surface area (Å²) >= 11 is 0.551. The van der Waals surface area contributed by atoms with E-state index in [-0.39, 0.29) is 9.75 Å². The first-order valence-electron chi connectivity index (χ1n) is 3.17. The Balaban J connectivity index is 3.10. The van der Waals surface area contributed by atoms with Gasteiger partial charge < -0.3 is 9.84 Å². The van der Waals surface area contributed by atoms with Crippen LogP contribution in [-0.4, -0.2) is 24.2 Å². The summed E-state index contributed by atoms with van der Waals surface area (Å²) in [6.45, 7) is 0. The van der Waals surface area contributed by atoms with Gasteiger partial charge in [-0.3, -0.25) is 0 Å². The summed E-state index contributed by atoms with van der Waals surface area (Å²) in [7, 11) is 1.10. The van der Waals surface area contributed by atoms with Crippen molar-refractivity contribution in [2.45, 2.75) is 0 Å². The lowest BCUT2D eigenvalue weighted by Crippen LogP contribution is -1.99. The van der Waals surface area contributed by atoms with Gasteiger partial charge in [0.2, 0.25) is 0 Å². The lowest BCUT2D eigenvalue weighted by Gasteiger charge is -1.92. The molecule has 0 aliphatic rings. The molecule has 0 bridgehead atoms. The number of carboxylic acids is 1. The fourth-order valence-electron chi connectivity index (χ4n) is 0.706. The lowest BCUT2D eigenvalue weighted by molar-refractivity contribution is 0.0601. The summed E-state index contributed by atoms with van der Waals surface area (Å²) in [5.41, 5.74) is 0. The first kappa shape index (κ1) is 9.66. The second-order valence-electron chi connectivity index (χ2n) is 2.08. The van der Waals surface area contributed by atoms with Crippen LogP contribution in [0.4, 0.5) is 4.39 Å². The number of thiophene rings is 1. The van der Waals surface area contributed by atoms with Crippen LogP contribution in [0.5, 0.6) is 0 Å². The van der Waals surface area contributed by atoms with Crippen molar-refractivity contribution in [3.8, 4) is 0 Å². The Bertz CT molecular complexity index is 357. The monoisotopic (exact) mass is 204 g/mol. The highest BCUT2D eigenvalue weighted by molar-refractivity contribution is 7.15. The Morgan fingerprint density at radius 1 is 1.62 bits per heavy atom. The maximum absolute atomic E-state index is 12.9. The Labute approximate surface area is 76.6 Å². The highest BCUT2D eigenvalue weighted by Crippen LogP contribution is 2.21. The molecule has 1 N–H and O–H groups in total. The Kier molecular flexibility index (Phi) is 2.62. The van der Waals surface area contributed by atoms with Crippen LogP contribution < -0.4 is 0 Å². The first-order valence-corrected chi connectivity index (χ1v) is 3.99. The van der Waals surface area contributed by atoms with Crippen LogP contribution >= 0.6 is 11.3 Å². The summed E-state index contributed by atoms with van der Waals surface area (Å²) in [6, 6.07) is 0.791. The van der Waals surface area contributed by atoms with E-state index >= 15 is 0 Å². The molecule has 0 saturated carbocycles. The van der Waals surface area contributed by atoms with E-state index in [1.54, 1.807) is 0 Å². The molecule has 0 radical (unpaired) electrons. The molecule has 1 rings (SSSR count). The number of rotatable bonds is 2. The number of carbonyl (C=O) groups excluding carboxylic acids is 1. The van der Waals surface area contributed by atoms with Crippen LogP contribution in [0.2, 0.25) is 0 Å². The predicted octanol–water partition coefficient (Wildman–Crippen LogP) is 1.37. The minimum atomic E-state index is -1.26. The fraction of sp³-hybridized carbons (Fsp3) is 0.143. The number of hydrogen-bond acceptors (Lipinski definition) is 4. The van der Waals surface area contributed by atoms with Crippen LogP contribution in [0.1, 0.15) is 19.3 Å². The van der Waals surface area contributed by atoms with Gasteiger partial charge in [-0.1, -0.05) is 0 Å². The standard InChI is InChI=1S/C7H5FO4S/c1-12-7(11)5-3(8)2-4(13-5)6(9)10/h2H,1H3,(H,9,10). The van der Waals surface area contributed by atoms with E-state index in [2.05, 4.69) is 4.74 Å². The molecular weight excluding hydrogens is 199 g/mol. The molecule has 0 unspecified atom stereocenters. The molecule has 0 spiro atoms. The number of aromatic carboxylic acids is 1. The molecule has 1 aromatic heterocycles. The molecule has 0 fully saturated rings. The minimum absolute atomic E-state index is 0.224. The predicted molar refractivity (Wildman–Crippen MR) is 42.6 cm³/mol. The van der Waals surface area contributed by atoms with Crippen LogP contribution in [-0.2, 0) is 4.74 Å². The molecule has 0 aliphatic carbocycles. The summed E-state index contributed by atoms with van der Waals surface area (Å²) in [6.07, 6.45) is 0. The zero-order valence-electron chi connectivity index (χ0n) is 6.54. The highest BCUT2D eigenvalue weighted by atomic mass is 32.1. The van der Waals surface area contributed by atoms with Crippen molar-refractivity contribution >= 4 is 23.3 Å². The number of hydrogen-bond donors (Lipinski definition) is 1. The minimum Gasteiger partial charge on any atom is -0.477 e. The molecule has 4 nitrogen and oxygen atoms in total. The maximum Gasteiger partial charge on any atom is 0.351 e. The van der Waals surface area contributed by atoms with E-state index in [9.17, 15) is 14.0 Å². The average molecular weight is 204 g/mol. The maximum atomic E-state index is 12.9. The number of carbonyl (C=O) groups is 2. The van der Waals surface area contributed by atoms with Crippen molar-refractivity contribution in [2.24, 2.45) is 0 Å². The Morgan fingerprint density at radius 3 is 2.62 bits per heavy atom. The van der Waals surface area contributed by atoms with Gasteiger partial charge in [-0.25, -0.2) is 14.0 Å². The van der Waals surface area contributed by atoms with Crippen LogP contribution in [0.25, 0.3) is 0 Å². The molecule has 6 heteroatoms. The molecule has 1 aromatic rings. The van der Waals surface area contributed by atoms with E-state index in [0.717, 1.165) is 13.2 Å². The molecular formula is C7H5FO4S. The number of esters is 1. The molecule has 1 heterocycles. The second kappa shape index (κ2) is 3.53. The molecule has 70 valence electrons. The molecule has 0 amide bonds. The van der Waals surface area contributed by atoms with Crippen LogP contribution in [0.3, 0.4) is 0 Å². The van der Waals surface area contributed by atoms with Gasteiger partial charge in [0.25, 0.3) is 0 Å². The van der Waals surface area contributed by atoms with Crippen molar-refractivity contribution in [1.29, 1.82) is 0 Å². The zero-order valence-corrected chi connectivity index (χ0v) is 7.35. The summed E-state index contributed by atoms with van der Waals surface area (Å²) in [5, 5.41) is 8.47. The van der Waals surface area contributed by atoms with E-state index in [1.165, 1.54) is 0 Å². The lowest BCUT2D eigenvalue weighted by atomic mass is 10.4. The average Bonchev–Trinajstić information content (AvgIpc) is 2.46. The Hall–Kier alpha value is -1.43. The van der Waals surface area contributed by atoms with Gasteiger partial charge >= 0.3 is 11.9 Å². The van der Waals surface area contributed by atoms with Crippen molar-refractivity contribution < 1.29 is 23.8 Å². The highest BCUT2D eigenvalue weighted by Gasteiger charge is 2.19. The summed E-state index contributed by atoms with van der Waals surface area (Å²) < 4.78 is 17.1. The van der Waals surface area contributed by atoms with Gasteiger partial charge in [0.15, 0.2) is 0 Å². The van der Waals surface area contributed by atoms with Crippen molar-refractivity contribution in [2.75, 3.05) is 7.11 Å². The summed E-state index contributed by atoms with van der Waals surface area (Å²) in [4.78, 5) is 20.7. The third-order valence-electron chi connectivity index (χ3n) is 1.27. The smallest absolute Gasteiger partial charge is 0.351 e. The van der Waals surface area contributed by atoms with Crippen LogP contribution in [0.15, 0.2) is 6.07 Å². The molecule has 0 saturated heterocycles. The second-order valence-corrected chi connectivity index (χ2v) is 3.14. The van der Waals surface area contributed by atoms with Gasteiger partial charge in [0, 0.05) is 6.07 Å². The van der Waals surface area contributed by atoms with E-state index in [4.69, 9.17) is 5.11 Å². The van der Waals surface area contributed by atoms with E-state index in [1.807, 2.05) is 0 Å². The number of ether oxygens (including phenoxy) is 1. The Morgan fingerprint density at radius 2 is 2.23 bits per heavy atom. The fourth-order valence-corrected chi connectivity index (χ4v) is 1.50. The zero-order chi connectivity index (χ0) is 10.0. The molecule has 0 atom stereocenters. The summed E-state index contributed by atoms with van der Waals surface area (Å²) in [5.74, 6) is -3.00. The number of carboxylic acid groups (broad SMARTS) is 1. The van der Waals surface area contributed by atoms with Crippen molar-refractivity contribution in [3.05, 3.63) is 21.6 Å². The van der Waals surface area contributed by atoms with Gasteiger partial charge in [0.1, 0.15) is 15.6 Å². The third-order valence-corrected chi connectivity index (χ3v) is 2.35. The van der Waals surface area contributed by atoms with Crippen molar-refractivity contribution in [1.82, 2.24) is 0 Å². The molecule has 13 heavy (non-hydrogen) atoms. The quantitative estimate of drug-likeness (QED) is 0.739.